The van der Waals surface area contributed by atoms with Gasteiger partial charge in [-0.1, -0.05) is 44.2 Å². The van der Waals surface area contributed by atoms with Crippen molar-refractivity contribution in [2.75, 3.05) is 5.32 Å². The summed E-state index contributed by atoms with van der Waals surface area (Å²) in [4.78, 5) is 23.6. The monoisotopic (exact) mass is 367 g/mol. The van der Waals surface area contributed by atoms with E-state index >= 15 is 0 Å². The standard InChI is InChI=1S/C22H22FNO3/c1-13(2)14-5-3-6-15(11-14)16-9-10-20(19(23)12-16)24-21(25)17-7-4-8-18(17)22(26)27/h3,5-6,9-13H,4,7-8H2,1-2H3,(H,24,25)(H,26,27). The van der Waals surface area contributed by atoms with Crippen LogP contribution in [0.4, 0.5) is 10.1 Å². The first-order valence-corrected chi connectivity index (χ1v) is 9.03. The van der Waals surface area contributed by atoms with Crippen LogP contribution in [0.25, 0.3) is 11.1 Å². The van der Waals surface area contributed by atoms with Crippen molar-refractivity contribution in [2.45, 2.75) is 39.0 Å². The minimum absolute atomic E-state index is 0.0490. The molecular weight excluding hydrogens is 345 g/mol. The zero-order valence-corrected chi connectivity index (χ0v) is 15.4. The summed E-state index contributed by atoms with van der Waals surface area (Å²) in [5.41, 5.74) is 3.20. The van der Waals surface area contributed by atoms with Gasteiger partial charge in [0.25, 0.3) is 5.91 Å². The van der Waals surface area contributed by atoms with Crippen molar-refractivity contribution in [1.82, 2.24) is 0 Å². The highest BCUT2D eigenvalue weighted by Crippen LogP contribution is 2.30. The number of carbonyl (C=O) groups excluding carboxylic acids is 1. The molecule has 1 aliphatic rings. The van der Waals surface area contributed by atoms with Crippen LogP contribution in [-0.2, 0) is 9.59 Å². The average Bonchev–Trinajstić information content (AvgIpc) is 3.13. The molecule has 0 heterocycles. The Hall–Kier alpha value is -2.95. The molecule has 4 nitrogen and oxygen atoms in total. The highest BCUT2D eigenvalue weighted by atomic mass is 19.1. The van der Waals surface area contributed by atoms with Crippen molar-refractivity contribution in [3.8, 4) is 11.1 Å². The van der Waals surface area contributed by atoms with Crippen molar-refractivity contribution in [3.63, 3.8) is 0 Å². The van der Waals surface area contributed by atoms with Gasteiger partial charge in [-0.05, 0) is 54.0 Å². The van der Waals surface area contributed by atoms with E-state index in [0.717, 1.165) is 11.1 Å². The SMILES string of the molecule is CC(C)c1cccc(-c2ccc(NC(=O)C3=C(C(=O)O)CCC3)c(F)c2)c1. The topological polar surface area (TPSA) is 66.4 Å². The summed E-state index contributed by atoms with van der Waals surface area (Å²) in [5.74, 6) is -1.81. The van der Waals surface area contributed by atoms with Crippen LogP contribution >= 0.6 is 0 Å². The summed E-state index contributed by atoms with van der Waals surface area (Å²) < 4.78 is 14.6. The van der Waals surface area contributed by atoms with Crippen LogP contribution in [0.15, 0.2) is 53.6 Å². The van der Waals surface area contributed by atoms with Gasteiger partial charge >= 0.3 is 5.97 Å². The Morgan fingerprint density at radius 2 is 1.74 bits per heavy atom. The van der Waals surface area contributed by atoms with Crippen LogP contribution in [0.5, 0.6) is 0 Å². The van der Waals surface area contributed by atoms with Gasteiger partial charge < -0.3 is 10.4 Å². The van der Waals surface area contributed by atoms with E-state index in [4.69, 9.17) is 5.11 Å². The molecule has 0 atom stereocenters. The maximum atomic E-state index is 14.6. The first-order valence-electron chi connectivity index (χ1n) is 9.03. The maximum Gasteiger partial charge on any atom is 0.332 e. The van der Waals surface area contributed by atoms with E-state index in [0.29, 0.717) is 25.2 Å². The third-order valence-corrected chi connectivity index (χ3v) is 4.85. The Balaban J connectivity index is 1.83. The van der Waals surface area contributed by atoms with Crippen molar-refractivity contribution >= 4 is 17.6 Å². The zero-order valence-electron chi connectivity index (χ0n) is 15.4. The third-order valence-electron chi connectivity index (χ3n) is 4.85. The van der Waals surface area contributed by atoms with Gasteiger partial charge in [-0.25, -0.2) is 9.18 Å². The smallest absolute Gasteiger partial charge is 0.332 e. The van der Waals surface area contributed by atoms with E-state index in [1.54, 1.807) is 6.07 Å². The second-order valence-corrected chi connectivity index (χ2v) is 7.04. The van der Waals surface area contributed by atoms with Gasteiger partial charge in [-0.15, -0.1) is 0 Å². The molecule has 140 valence electrons. The van der Waals surface area contributed by atoms with Crippen molar-refractivity contribution < 1.29 is 19.1 Å². The molecular formula is C22H22FNO3. The molecule has 0 bridgehead atoms. The first-order chi connectivity index (χ1) is 12.9. The molecule has 2 N–H and O–H groups in total. The Morgan fingerprint density at radius 1 is 1.04 bits per heavy atom. The first kappa shape index (κ1) is 18.8. The molecule has 0 spiro atoms. The van der Waals surface area contributed by atoms with Crippen LogP contribution in [-0.4, -0.2) is 17.0 Å². The normalized spacial score (nSPS) is 13.9. The van der Waals surface area contributed by atoms with Gasteiger partial charge in [0.2, 0.25) is 0 Å². The van der Waals surface area contributed by atoms with E-state index < -0.39 is 17.7 Å². The summed E-state index contributed by atoms with van der Waals surface area (Å²) in [6.45, 7) is 4.20. The van der Waals surface area contributed by atoms with E-state index in [1.165, 1.54) is 17.7 Å². The van der Waals surface area contributed by atoms with Crippen molar-refractivity contribution in [1.29, 1.82) is 0 Å². The highest BCUT2D eigenvalue weighted by Gasteiger charge is 2.25. The molecule has 0 fully saturated rings. The Kier molecular flexibility index (Phi) is 5.40. The number of carboxylic acids is 1. The van der Waals surface area contributed by atoms with Crippen LogP contribution < -0.4 is 5.32 Å². The van der Waals surface area contributed by atoms with Crippen molar-refractivity contribution in [3.05, 3.63) is 65.0 Å². The van der Waals surface area contributed by atoms with Gasteiger partial charge in [0.05, 0.1) is 5.69 Å². The summed E-state index contributed by atoms with van der Waals surface area (Å²) in [7, 11) is 0. The molecule has 1 aliphatic carbocycles. The molecule has 0 saturated heterocycles. The fraction of sp³-hybridized carbons (Fsp3) is 0.273. The Morgan fingerprint density at radius 3 is 2.41 bits per heavy atom. The molecule has 0 aliphatic heterocycles. The number of rotatable bonds is 5. The quantitative estimate of drug-likeness (QED) is 0.771. The Bertz CT molecular complexity index is 931. The molecule has 0 unspecified atom stereocenters. The number of carboxylic acid groups (broad SMARTS) is 1. The lowest BCUT2D eigenvalue weighted by Gasteiger charge is -2.11. The Labute approximate surface area is 157 Å². The van der Waals surface area contributed by atoms with Crippen LogP contribution in [0, 0.1) is 5.82 Å². The minimum atomic E-state index is -1.08. The number of halogens is 1. The number of hydrogen-bond donors (Lipinski definition) is 2. The molecule has 2 aromatic rings. The number of aliphatic carboxylic acids is 1. The summed E-state index contributed by atoms with van der Waals surface area (Å²) in [6.07, 6.45) is 1.39. The molecule has 0 saturated carbocycles. The largest absolute Gasteiger partial charge is 0.478 e. The summed E-state index contributed by atoms with van der Waals surface area (Å²) in [5, 5.41) is 11.7. The van der Waals surface area contributed by atoms with Crippen LogP contribution in [0.2, 0.25) is 0 Å². The lowest BCUT2D eigenvalue weighted by Crippen LogP contribution is -2.17. The maximum absolute atomic E-state index is 14.6. The fourth-order valence-electron chi connectivity index (χ4n) is 3.30. The van der Waals surface area contributed by atoms with Gasteiger partial charge in [0.15, 0.2) is 0 Å². The molecule has 0 aromatic heterocycles. The highest BCUT2D eigenvalue weighted by molar-refractivity contribution is 6.09. The average molecular weight is 367 g/mol. The third kappa shape index (κ3) is 4.08. The van der Waals surface area contributed by atoms with Crippen LogP contribution in [0.1, 0.15) is 44.6 Å². The summed E-state index contributed by atoms with van der Waals surface area (Å²) >= 11 is 0. The molecule has 27 heavy (non-hydrogen) atoms. The lowest BCUT2D eigenvalue weighted by atomic mass is 9.97. The number of nitrogens with one attached hydrogen (secondary N) is 1. The molecule has 3 rings (SSSR count). The van der Waals surface area contributed by atoms with Gasteiger partial charge in [-0.3, -0.25) is 4.79 Å². The second kappa shape index (κ2) is 7.74. The predicted molar refractivity (Wildman–Crippen MR) is 103 cm³/mol. The number of benzene rings is 2. The number of amides is 1. The van der Waals surface area contributed by atoms with E-state index in [1.807, 2.05) is 24.3 Å². The number of hydrogen-bond acceptors (Lipinski definition) is 2. The molecule has 1 amide bonds. The predicted octanol–water partition coefficient (Wildman–Crippen LogP) is 5.12. The zero-order chi connectivity index (χ0) is 19.6. The van der Waals surface area contributed by atoms with Gasteiger partial charge in [0, 0.05) is 11.1 Å². The van der Waals surface area contributed by atoms with Crippen LogP contribution in [0.3, 0.4) is 0 Å². The molecule has 5 heteroatoms. The number of carbonyl (C=O) groups is 2. The van der Waals surface area contributed by atoms with Gasteiger partial charge in [-0.2, -0.15) is 0 Å². The van der Waals surface area contributed by atoms with E-state index in [2.05, 4.69) is 19.2 Å². The summed E-state index contributed by atoms with van der Waals surface area (Å²) in [6, 6.07) is 12.6. The second-order valence-electron chi connectivity index (χ2n) is 7.04. The lowest BCUT2D eigenvalue weighted by molar-refractivity contribution is -0.133. The fourth-order valence-corrected chi connectivity index (χ4v) is 3.30. The van der Waals surface area contributed by atoms with E-state index in [-0.39, 0.29) is 16.8 Å². The van der Waals surface area contributed by atoms with Gasteiger partial charge in [0.1, 0.15) is 5.82 Å². The number of anilines is 1. The van der Waals surface area contributed by atoms with E-state index in [9.17, 15) is 14.0 Å². The van der Waals surface area contributed by atoms with Crippen molar-refractivity contribution in [2.24, 2.45) is 0 Å². The minimum Gasteiger partial charge on any atom is -0.478 e. The molecule has 0 radical (unpaired) electrons. The molecule has 2 aromatic carbocycles.